The molecule has 180 valence electrons. The molecule has 2 aliphatic heterocycles. The van der Waals surface area contributed by atoms with Gasteiger partial charge in [0.25, 0.3) is 0 Å². The molecule has 33 heavy (non-hydrogen) atoms. The molecule has 2 aromatic rings. The van der Waals surface area contributed by atoms with Crippen LogP contribution in [0, 0.1) is 0 Å². The number of aromatic nitrogens is 4. The smallest absolute Gasteiger partial charge is 0.382 e. The van der Waals surface area contributed by atoms with Gasteiger partial charge in [0.1, 0.15) is 18.8 Å². The summed E-state index contributed by atoms with van der Waals surface area (Å²) in [6.45, 7) is 3.44. The number of carbonyl (C=O) groups is 1. The molecule has 0 aliphatic carbocycles. The van der Waals surface area contributed by atoms with E-state index in [1.807, 2.05) is 4.90 Å². The minimum Gasteiger partial charge on any atom is -0.581 e. The molecule has 2 saturated heterocycles. The summed E-state index contributed by atoms with van der Waals surface area (Å²) in [6, 6.07) is -1.27. The average molecular weight is 487 g/mol. The highest BCUT2D eigenvalue weighted by Gasteiger charge is 2.55. The van der Waals surface area contributed by atoms with Crippen LogP contribution in [0.1, 0.15) is 26.5 Å². The van der Waals surface area contributed by atoms with Crippen molar-refractivity contribution in [3.63, 3.8) is 0 Å². The van der Waals surface area contributed by atoms with Gasteiger partial charge < -0.3 is 30.5 Å². The van der Waals surface area contributed by atoms with Crippen molar-refractivity contribution in [3.8, 4) is 0 Å². The molecule has 14 nitrogen and oxygen atoms in total. The van der Waals surface area contributed by atoms with E-state index in [4.69, 9.17) is 20.5 Å². The number of ether oxygens (including phenoxy) is 1. The highest BCUT2D eigenvalue weighted by molar-refractivity contribution is 7.33. The third-order valence-corrected chi connectivity index (χ3v) is 6.29. The van der Waals surface area contributed by atoms with E-state index in [2.05, 4.69) is 24.4 Å². The van der Waals surface area contributed by atoms with Gasteiger partial charge in [0.15, 0.2) is 34.9 Å². The van der Waals surface area contributed by atoms with Crippen LogP contribution >= 0.6 is 8.17 Å². The van der Waals surface area contributed by atoms with Gasteiger partial charge in [0.05, 0.1) is 6.33 Å². The maximum absolute atomic E-state index is 15.5. The molecule has 1 unspecified atom stereocenters. The molecule has 16 heteroatoms. The fourth-order valence-corrected chi connectivity index (χ4v) is 4.11. The van der Waals surface area contributed by atoms with Crippen LogP contribution in [0.5, 0.6) is 0 Å². The molecule has 0 aromatic carbocycles. The largest absolute Gasteiger partial charge is 0.581 e. The van der Waals surface area contributed by atoms with Crippen molar-refractivity contribution < 1.29 is 38.6 Å². The number of anilines is 2. The molecule has 2 aliphatic rings. The molecule has 4 rings (SSSR count). The van der Waals surface area contributed by atoms with Crippen molar-refractivity contribution in [1.29, 1.82) is 0 Å². The zero-order valence-corrected chi connectivity index (χ0v) is 18.6. The lowest BCUT2D eigenvalue weighted by atomic mass is 9.98. The van der Waals surface area contributed by atoms with E-state index in [-0.39, 0.29) is 11.6 Å². The normalized spacial score (nSPS) is 28.8. The summed E-state index contributed by atoms with van der Waals surface area (Å²) < 4.78 is 30.4. The van der Waals surface area contributed by atoms with Crippen LogP contribution in [0.4, 0.5) is 16.2 Å². The van der Waals surface area contributed by atoms with Gasteiger partial charge in [-0.2, -0.15) is 14.9 Å². The number of aliphatic carboxylic acids is 1. The van der Waals surface area contributed by atoms with Crippen molar-refractivity contribution >= 4 is 37.1 Å². The summed E-state index contributed by atoms with van der Waals surface area (Å²) in [7, 11) is -2.80. The molecular weight excluding hydrogens is 464 g/mol. The molecule has 2 aromatic heterocycles. The Kier molecular flexibility index (Phi) is 6.44. The lowest BCUT2D eigenvalue weighted by Gasteiger charge is -2.32. The monoisotopic (exact) mass is 487 g/mol. The Balaban J connectivity index is 1.51. The number of hydrogen-bond acceptors (Lipinski definition) is 12. The van der Waals surface area contributed by atoms with Crippen molar-refractivity contribution in [2.45, 2.75) is 50.4 Å². The quantitative estimate of drug-likeness (QED) is 0.254. The standard InChI is InChI=1S/C17H23FN7O7P/c1-8(14(27)28)23-33(29)32-30-6-9-11(26)17(2,18)15(31-9)25-7-20-10-12(24-4-3-5-24)21-16(19)22-13(10)25/h7-9,11,15,26H,3-6H2,1-2H3,(H,27,28)(H2,19,21,22)/t8-,9+,11+,15+,17+/m0/s1. The van der Waals surface area contributed by atoms with Gasteiger partial charge >= 0.3 is 14.1 Å². The number of carboxylic acid groups (broad SMARTS) is 1. The van der Waals surface area contributed by atoms with Crippen molar-refractivity contribution in [2.75, 3.05) is 30.3 Å². The van der Waals surface area contributed by atoms with Crippen LogP contribution < -0.4 is 15.5 Å². The number of nitrogen functional groups attached to an aromatic ring is 1. The number of nitrogens with two attached hydrogens (primary N) is 1. The van der Waals surface area contributed by atoms with E-state index < -0.39 is 50.9 Å². The predicted molar refractivity (Wildman–Crippen MR) is 109 cm³/mol. The molecule has 6 atom stereocenters. The topological polar surface area (TPSA) is 194 Å². The van der Waals surface area contributed by atoms with E-state index >= 15 is 4.39 Å². The summed E-state index contributed by atoms with van der Waals surface area (Å²) in [5.74, 6) is -0.762. The third kappa shape index (κ3) is 4.47. The second kappa shape index (κ2) is 9.00. The first-order chi connectivity index (χ1) is 15.6. The summed E-state index contributed by atoms with van der Waals surface area (Å²) >= 11 is 0. The van der Waals surface area contributed by atoms with Crippen molar-refractivity contribution in [1.82, 2.24) is 19.5 Å². The molecular formula is C17H23FN7O7P. The predicted octanol–water partition coefficient (Wildman–Crippen LogP) is -0.118. The van der Waals surface area contributed by atoms with Gasteiger partial charge in [-0.3, -0.25) is 4.57 Å². The zero-order chi connectivity index (χ0) is 23.9. The summed E-state index contributed by atoms with van der Waals surface area (Å²) in [5, 5.41) is 19.2. The first kappa shape index (κ1) is 23.6. The number of halogens is 1. The fourth-order valence-electron chi connectivity index (χ4n) is 3.54. The number of imidazole rings is 1. The second-order valence-electron chi connectivity index (χ2n) is 7.92. The fraction of sp³-hybridized carbons (Fsp3) is 0.647. The first-order valence-electron chi connectivity index (χ1n) is 10.1. The zero-order valence-electron chi connectivity index (χ0n) is 17.7. The molecule has 0 bridgehead atoms. The van der Waals surface area contributed by atoms with E-state index in [1.54, 1.807) is 0 Å². The molecule has 0 saturated carbocycles. The number of rotatable bonds is 8. The molecule has 0 amide bonds. The number of fused-ring (bicyclic) bond motifs is 1. The first-order valence-corrected chi connectivity index (χ1v) is 11.2. The van der Waals surface area contributed by atoms with E-state index in [1.165, 1.54) is 17.8 Å². The molecule has 4 heterocycles. The van der Waals surface area contributed by atoms with Crippen LogP contribution in [-0.2, 0) is 19.1 Å². The Labute approximate surface area is 187 Å². The Morgan fingerprint density at radius 2 is 2.27 bits per heavy atom. The Hall–Kier alpha value is -2.55. The molecule has 4 N–H and O–H groups in total. The SMILES string of the molecule is C[C@H](N=[P+]([O-])OOC[C@H]1O[C@@H](n2cnc3c(N4CCC4)nc(N)nc32)[C@](C)(F)[C@@H]1O)C(=O)O. The Morgan fingerprint density at radius 1 is 1.55 bits per heavy atom. The summed E-state index contributed by atoms with van der Waals surface area (Å²) in [6.07, 6.45) is -1.86. The summed E-state index contributed by atoms with van der Waals surface area (Å²) in [4.78, 5) is 41.8. The maximum Gasteiger partial charge on any atom is 0.382 e. The Morgan fingerprint density at radius 3 is 2.91 bits per heavy atom. The summed E-state index contributed by atoms with van der Waals surface area (Å²) in [5.41, 5.74) is 4.23. The van der Waals surface area contributed by atoms with E-state index in [9.17, 15) is 14.8 Å². The van der Waals surface area contributed by atoms with Crippen LogP contribution in [0.2, 0.25) is 0 Å². The number of alkyl halides is 1. The molecule has 0 radical (unpaired) electrons. The number of aliphatic hydroxyl groups is 1. The van der Waals surface area contributed by atoms with E-state index in [0.717, 1.165) is 26.4 Å². The molecule has 0 spiro atoms. The highest BCUT2D eigenvalue weighted by atomic mass is 31.1. The molecule has 2 fully saturated rings. The van der Waals surface area contributed by atoms with Gasteiger partial charge in [-0.25, -0.2) is 14.2 Å². The number of nitrogens with zero attached hydrogens (tertiary/aromatic N) is 6. The minimum atomic E-state index is -2.80. The lowest BCUT2D eigenvalue weighted by Crippen LogP contribution is -2.40. The van der Waals surface area contributed by atoms with Gasteiger partial charge in [-0.05, 0) is 20.3 Å². The average Bonchev–Trinajstić information content (AvgIpc) is 3.20. The van der Waals surface area contributed by atoms with Crippen LogP contribution in [0.15, 0.2) is 11.1 Å². The number of carboxylic acids is 1. The second-order valence-corrected chi connectivity index (χ2v) is 8.78. The van der Waals surface area contributed by atoms with Gasteiger partial charge in [0, 0.05) is 17.8 Å². The Bertz CT molecular complexity index is 1080. The van der Waals surface area contributed by atoms with Gasteiger partial charge in [-0.15, -0.1) is 0 Å². The van der Waals surface area contributed by atoms with Crippen LogP contribution in [0.3, 0.4) is 0 Å². The van der Waals surface area contributed by atoms with Crippen molar-refractivity contribution in [3.05, 3.63) is 6.33 Å². The van der Waals surface area contributed by atoms with E-state index in [0.29, 0.717) is 11.3 Å². The van der Waals surface area contributed by atoms with Gasteiger partial charge in [0.2, 0.25) is 5.95 Å². The highest BCUT2D eigenvalue weighted by Crippen LogP contribution is 2.43. The van der Waals surface area contributed by atoms with Crippen LogP contribution in [0.25, 0.3) is 11.2 Å². The number of aliphatic hydroxyl groups excluding tert-OH is 1. The maximum atomic E-state index is 15.5. The lowest BCUT2D eigenvalue weighted by molar-refractivity contribution is -0.277. The van der Waals surface area contributed by atoms with Gasteiger partial charge in [-0.1, -0.05) is 4.74 Å². The third-order valence-electron chi connectivity index (χ3n) is 5.52. The van der Waals surface area contributed by atoms with Crippen molar-refractivity contribution in [2.24, 2.45) is 4.74 Å². The van der Waals surface area contributed by atoms with Crippen LogP contribution in [-0.4, -0.2) is 79.3 Å². The number of hydrogen-bond donors (Lipinski definition) is 3. The minimum absolute atomic E-state index is 0.0123.